The summed E-state index contributed by atoms with van der Waals surface area (Å²) in [4.78, 5) is 0. The number of amidine groups is 1. The Morgan fingerprint density at radius 3 is 2.37 bits per heavy atom. The van der Waals surface area contributed by atoms with Gasteiger partial charge in [-0.1, -0.05) is 34.8 Å². The second kappa shape index (κ2) is 16.2. The van der Waals surface area contributed by atoms with E-state index >= 15 is 0 Å². The van der Waals surface area contributed by atoms with E-state index in [0.29, 0.717) is 27.6 Å². The molecule has 0 aromatic heterocycles. The summed E-state index contributed by atoms with van der Waals surface area (Å²) in [5.41, 5.74) is 9.36. The quantitative estimate of drug-likeness (QED) is 0.108. The van der Waals surface area contributed by atoms with Crippen LogP contribution in [0.25, 0.3) is 0 Å². The lowest BCUT2D eigenvalue weighted by Gasteiger charge is -2.15. The molecule has 0 aliphatic rings. The van der Waals surface area contributed by atoms with Gasteiger partial charge >= 0.3 is 0 Å². The molecule has 2 aromatic carbocycles. The molecule has 0 bridgehead atoms. The van der Waals surface area contributed by atoms with Crippen LogP contribution >= 0.6 is 34.8 Å². The normalized spacial score (nSPS) is 11.6. The third kappa shape index (κ3) is 12.1. The molecule has 0 aliphatic heterocycles. The summed E-state index contributed by atoms with van der Waals surface area (Å²) in [6.45, 7) is 0.163. The first-order valence-corrected chi connectivity index (χ1v) is 11.3. The van der Waals surface area contributed by atoms with Crippen molar-refractivity contribution in [2.24, 2.45) is 22.5 Å². The summed E-state index contributed by atoms with van der Waals surface area (Å²) in [5.74, 6) is 11.3. The van der Waals surface area contributed by atoms with Crippen LogP contribution in [0, 0.1) is 5.41 Å². The molecule has 9 N–H and O–H groups in total. The number of nitrogens with zero attached hydrogens (tertiary/aromatic N) is 2. The molecule has 1 unspecified atom stereocenters. The Balaban J connectivity index is 0.00000194. The van der Waals surface area contributed by atoms with Crippen molar-refractivity contribution in [3.8, 4) is 11.5 Å². The number of hydrogen-bond donors (Lipinski definition) is 6. The first-order chi connectivity index (χ1) is 16.6. The molecule has 0 amide bonds. The topological polar surface area (TPSA) is 168 Å². The second-order valence-corrected chi connectivity index (χ2v) is 8.38. The van der Waals surface area contributed by atoms with Crippen molar-refractivity contribution in [2.75, 3.05) is 27.3 Å². The number of aliphatic hydroxyl groups is 1. The van der Waals surface area contributed by atoms with Crippen molar-refractivity contribution in [2.45, 2.75) is 12.5 Å². The van der Waals surface area contributed by atoms with Crippen molar-refractivity contribution < 1.29 is 14.6 Å². The highest BCUT2D eigenvalue weighted by Crippen LogP contribution is 2.24. The van der Waals surface area contributed by atoms with Gasteiger partial charge in [-0.05, 0) is 55.6 Å². The van der Waals surface area contributed by atoms with Crippen LogP contribution in [0.15, 0.2) is 58.1 Å². The number of nitrogens with two attached hydrogens (primary N) is 3. The minimum absolute atomic E-state index is 0.0103. The molecule has 0 saturated carbocycles. The van der Waals surface area contributed by atoms with Crippen LogP contribution in [0.3, 0.4) is 0 Å². The van der Waals surface area contributed by atoms with E-state index in [-0.39, 0.29) is 35.7 Å². The third-order valence-corrected chi connectivity index (χ3v) is 4.69. The lowest BCUT2D eigenvalue weighted by atomic mass is 10.0. The zero-order chi connectivity index (χ0) is 26.4. The van der Waals surface area contributed by atoms with E-state index in [0.717, 1.165) is 5.12 Å². The van der Waals surface area contributed by atoms with E-state index in [9.17, 15) is 5.11 Å². The van der Waals surface area contributed by atoms with Crippen LogP contribution in [-0.4, -0.2) is 55.2 Å². The van der Waals surface area contributed by atoms with Crippen LogP contribution in [0.5, 0.6) is 11.5 Å². The van der Waals surface area contributed by atoms with Crippen LogP contribution in [0.2, 0.25) is 5.02 Å². The number of hydrazone groups is 1. The van der Waals surface area contributed by atoms with Gasteiger partial charge in [-0.25, -0.2) is 11.0 Å². The molecule has 0 heterocycles. The van der Waals surface area contributed by atoms with Crippen LogP contribution in [0.4, 0.5) is 0 Å². The van der Waals surface area contributed by atoms with Crippen LogP contribution in [0.1, 0.15) is 17.5 Å². The van der Waals surface area contributed by atoms with Gasteiger partial charge in [0.25, 0.3) is 0 Å². The standard InChI is InChI=1S/C21H24Cl3N5O3.CH6N2/c1-29(27)28-21(26)13-2-4-15(5-3-13)32-12-14(30)10-19(25)17-11-16(6-7-18(17)22)31-9-8-20(23)24;1-3-2/h2-8,11,14,25,30H,9-10,12,27H2,1H3,(H2,26,28);3H,2H2,1H3. The van der Waals surface area contributed by atoms with Crippen molar-refractivity contribution in [3.05, 3.63) is 69.2 Å². The lowest BCUT2D eigenvalue weighted by Crippen LogP contribution is -2.25. The number of nitrogens with one attached hydrogen (secondary N) is 2. The van der Waals surface area contributed by atoms with Gasteiger partial charge in [0.1, 0.15) is 29.2 Å². The van der Waals surface area contributed by atoms with Gasteiger partial charge in [0.15, 0.2) is 5.84 Å². The van der Waals surface area contributed by atoms with E-state index in [1.54, 1.807) is 56.6 Å². The fraction of sp³-hybridized carbons (Fsp3) is 0.273. The zero-order valence-corrected chi connectivity index (χ0v) is 21.6. The van der Waals surface area contributed by atoms with Gasteiger partial charge in [-0.3, -0.25) is 11.3 Å². The summed E-state index contributed by atoms with van der Waals surface area (Å²) in [5, 5.41) is 24.0. The van der Waals surface area contributed by atoms with Crippen molar-refractivity contribution in [1.29, 1.82) is 5.41 Å². The van der Waals surface area contributed by atoms with E-state index in [4.69, 9.17) is 61.3 Å². The van der Waals surface area contributed by atoms with E-state index in [1.807, 2.05) is 0 Å². The van der Waals surface area contributed by atoms with Gasteiger partial charge in [0.05, 0.1) is 6.10 Å². The summed E-state index contributed by atoms with van der Waals surface area (Å²) in [7, 11) is 3.22. The maximum Gasteiger partial charge on any atom is 0.152 e. The number of halogens is 3. The molecule has 2 rings (SSSR count). The highest BCUT2D eigenvalue weighted by molar-refractivity contribution is 6.55. The fourth-order valence-electron chi connectivity index (χ4n) is 2.57. The van der Waals surface area contributed by atoms with Crippen LogP contribution < -0.4 is 32.3 Å². The largest absolute Gasteiger partial charge is 0.491 e. The Hall–Kier alpha value is -2.57. The smallest absolute Gasteiger partial charge is 0.152 e. The molecular formula is C22H30Cl3N7O3. The minimum Gasteiger partial charge on any atom is -0.491 e. The maximum atomic E-state index is 10.3. The summed E-state index contributed by atoms with van der Waals surface area (Å²) >= 11 is 17.3. The number of hydrazine groups is 2. The lowest BCUT2D eigenvalue weighted by molar-refractivity contribution is 0.113. The van der Waals surface area contributed by atoms with Gasteiger partial charge in [-0.15, -0.1) is 5.10 Å². The molecule has 0 fully saturated rings. The molecule has 13 heteroatoms. The summed E-state index contributed by atoms with van der Waals surface area (Å²) in [6.07, 6.45) is 0.615. The van der Waals surface area contributed by atoms with Crippen molar-refractivity contribution in [1.82, 2.24) is 10.5 Å². The first-order valence-electron chi connectivity index (χ1n) is 10.2. The predicted octanol–water partition coefficient (Wildman–Crippen LogP) is 2.74. The third-order valence-electron chi connectivity index (χ3n) is 4.05. The molecule has 0 saturated heterocycles. The van der Waals surface area contributed by atoms with E-state index < -0.39 is 6.10 Å². The molecule has 2 aromatic rings. The molecule has 0 radical (unpaired) electrons. The molecule has 10 nitrogen and oxygen atoms in total. The number of rotatable bonds is 11. The molecule has 0 aliphatic carbocycles. The van der Waals surface area contributed by atoms with Crippen LogP contribution in [-0.2, 0) is 0 Å². The Morgan fingerprint density at radius 2 is 1.80 bits per heavy atom. The maximum absolute atomic E-state index is 10.3. The van der Waals surface area contributed by atoms with E-state index in [2.05, 4.69) is 16.4 Å². The minimum atomic E-state index is -0.918. The van der Waals surface area contributed by atoms with Gasteiger partial charge in [0, 0.05) is 35.3 Å². The van der Waals surface area contributed by atoms with Crippen molar-refractivity contribution >= 4 is 46.4 Å². The average Bonchev–Trinajstić information content (AvgIpc) is 2.79. The molecule has 1 atom stereocenters. The summed E-state index contributed by atoms with van der Waals surface area (Å²) < 4.78 is 11.2. The molecule has 0 spiro atoms. The molecule has 192 valence electrons. The van der Waals surface area contributed by atoms with Gasteiger partial charge < -0.3 is 25.7 Å². The molecular weight excluding hydrogens is 517 g/mol. The monoisotopic (exact) mass is 545 g/mol. The Kier molecular flexibility index (Phi) is 14.1. The predicted molar refractivity (Wildman–Crippen MR) is 142 cm³/mol. The summed E-state index contributed by atoms with van der Waals surface area (Å²) in [6, 6.07) is 11.8. The molecule has 35 heavy (non-hydrogen) atoms. The number of benzene rings is 2. The Bertz CT molecular complexity index is 998. The first kappa shape index (κ1) is 30.5. The number of aliphatic hydroxyl groups excluding tert-OH is 1. The van der Waals surface area contributed by atoms with E-state index in [1.165, 1.54) is 6.08 Å². The van der Waals surface area contributed by atoms with Gasteiger partial charge in [0.2, 0.25) is 0 Å². The fourth-order valence-corrected chi connectivity index (χ4v) is 2.93. The Labute approximate surface area is 219 Å². The number of ether oxygens (including phenoxy) is 2. The Morgan fingerprint density at radius 1 is 1.20 bits per heavy atom. The van der Waals surface area contributed by atoms with Crippen molar-refractivity contribution in [3.63, 3.8) is 0 Å². The zero-order valence-electron chi connectivity index (χ0n) is 19.3. The van der Waals surface area contributed by atoms with Gasteiger partial charge in [-0.2, -0.15) is 0 Å². The highest BCUT2D eigenvalue weighted by atomic mass is 35.5. The SMILES string of the molecule is CN(N)/N=C(\N)c1ccc(OCC(O)CC(=N)c2cc(OCC=C(Cl)Cl)ccc2Cl)cc1.CNN. The number of hydrogen-bond acceptors (Lipinski definition) is 9. The second-order valence-electron chi connectivity index (χ2n) is 6.97. The average molecular weight is 547 g/mol. The highest BCUT2D eigenvalue weighted by Gasteiger charge is 2.14.